The molecular weight excluding hydrogens is 250 g/mol. The minimum Gasteiger partial charge on any atom is -0.464 e. The van der Waals surface area contributed by atoms with Crippen LogP contribution < -0.4 is 4.74 Å². The van der Waals surface area contributed by atoms with Crippen LogP contribution in [0.3, 0.4) is 0 Å². The van der Waals surface area contributed by atoms with Crippen LogP contribution in [-0.2, 0) is 0 Å². The van der Waals surface area contributed by atoms with Crippen molar-refractivity contribution in [2.75, 3.05) is 6.61 Å². The zero-order valence-electron chi connectivity index (χ0n) is 11.2. The molecule has 0 saturated carbocycles. The molecule has 0 amide bonds. The summed E-state index contributed by atoms with van der Waals surface area (Å²) in [7, 11) is 0. The summed E-state index contributed by atoms with van der Waals surface area (Å²) in [5.74, 6) is 1.05. The second-order valence-corrected chi connectivity index (χ2v) is 4.32. The van der Waals surface area contributed by atoms with Crippen LogP contribution in [0, 0.1) is 0 Å². The van der Waals surface area contributed by atoms with Gasteiger partial charge in [0.25, 0.3) is 0 Å². The molecule has 0 aliphatic carbocycles. The fourth-order valence-corrected chi connectivity index (χ4v) is 2.02. The van der Waals surface area contributed by atoms with Gasteiger partial charge in [0.2, 0.25) is 5.89 Å². The van der Waals surface area contributed by atoms with E-state index in [1.807, 2.05) is 67.6 Å². The van der Waals surface area contributed by atoms with Gasteiger partial charge in [-0.2, -0.15) is 0 Å². The van der Waals surface area contributed by atoms with Crippen molar-refractivity contribution in [1.82, 2.24) is 4.98 Å². The van der Waals surface area contributed by atoms with Crippen molar-refractivity contribution < 1.29 is 9.15 Å². The SMILES string of the molecule is CCOc1oc(-c2ccccc2)nc1-c1ccccc1. The van der Waals surface area contributed by atoms with Gasteiger partial charge in [0.05, 0.1) is 6.61 Å². The van der Waals surface area contributed by atoms with Crippen molar-refractivity contribution in [2.45, 2.75) is 6.92 Å². The van der Waals surface area contributed by atoms with Crippen LogP contribution in [0.5, 0.6) is 5.95 Å². The Labute approximate surface area is 117 Å². The van der Waals surface area contributed by atoms with Crippen molar-refractivity contribution >= 4 is 0 Å². The van der Waals surface area contributed by atoms with Crippen molar-refractivity contribution in [3.63, 3.8) is 0 Å². The molecule has 0 fully saturated rings. The van der Waals surface area contributed by atoms with Gasteiger partial charge in [-0.1, -0.05) is 48.5 Å². The van der Waals surface area contributed by atoms with Crippen LogP contribution in [0.2, 0.25) is 0 Å². The fourth-order valence-electron chi connectivity index (χ4n) is 2.02. The van der Waals surface area contributed by atoms with E-state index in [9.17, 15) is 0 Å². The van der Waals surface area contributed by atoms with Gasteiger partial charge >= 0.3 is 5.95 Å². The summed E-state index contributed by atoms with van der Waals surface area (Å²) in [5, 5.41) is 0. The molecule has 0 spiro atoms. The number of nitrogens with zero attached hydrogens (tertiary/aromatic N) is 1. The zero-order chi connectivity index (χ0) is 13.8. The first kappa shape index (κ1) is 12.5. The van der Waals surface area contributed by atoms with Crippen LogP contribution >= 0.6 is 0 Å². The monoisotopic (exact) mass is 265 g/mol. The summed E-state index contributed by atoms with van der Waals surface area (Å²) in [6.45, 7) is 2.47. The molecular formula is C17H15NO2. The first-order valence-corrected chi connectivity index (χ1v) is 6.63. The van der Waals surface area contributed by atoms with Gasteiger partial charge in [0.15, 0.2) is 5.69 Å². The van der Waals surface area contributed by atoms with Gasteiger partial charge in [0, 0.05) is 11.1 Å². The van der Waals surface area contributed by atoms with Crippen LogP contribution in [0.4, 0.5) is 0 Å². The van der Waals surface area contributed by atoms with Gasteiger partial charge in [0.1, 0.15) is 0 Å². The van der Waals surface area contributed by atoms with Crippen LogP contribution in [-0.4, -0.2) is 11.6 Å². The molecule has 0 atom stereocenters. The van der Waals surface area contributed by atoms with E-state index in [0.29, 0.717) is 18.4 Å². The van der Waals surface area contributed by atoms with Crippen LogP contribution in [0.25, 0.3) is 22.7 Å². The molecule has 0 aliphatic heterocycles. The van der Waals surface area contributed by atoms with Crippen molar-refractivity contribution in [1.29, 1.82) is 0 Å². The van der Waals surface area contributed by atoms with Crippen molar-refractivity contribution in [3.8, 4) is 28.7 Å². The van der Waals surface area contributed by atoms with E-state index in [1.54, 1.807) is 0 Å². The van der Waals surface area contributed by atoms with E-state index in [2.05, 4.69) is 4.98 Å². The molecule has 0 unspecified atom stereocenters. The molecule has 1 aromatic heterocycles. The number of hydrogen-bond donors (Lipinski definition) is 0. The third-order valence-corrected chi connectivity index (χ3v) is 2.94. The van der Waals surface area contributed by atoms with E-state index in [-0.39, 0.29) is 0 Å². The van der Waals surface area contributed by atoms with Gasteiger partial charge in [-0.3, -0.25) is 0 Å². The second kappa shape index (κ2) is 5.61. The maximum atomic E-state index is 5.76. The van der Waals surface area contributed by atoms with E-state index < -0.39 is 0 Å². The third kappa shape index (κ3) is 2.43. The summed E-state index contributed by atoms with van der Waals surface area (Å²) in [5.41, 5.74) is 2.67. The average Bonchev–Trinajstić information content (AvgIpc) is 2.94. The van der Waals surface area contributed by atoms with Crippen molar-refractivity contribution in [3.05, 3.63) is 60.7 Å². The highest BCUT2D eigenvalue weighted by Crippen LogP contribution is 2.34. The standard InChI is InChI=1S/C17H15NO2/c1-2-19-17-15(13-9-5-3-6-10-13)18-16(20-17)14-11-7-4-8-12-14/h3-12H,2H2,1H3. The number of hydrogen-bond acceptors (Lipinski definition) is 3. The first-order chi connectivity index (χ1) is 9.88. The Morgan fingerprint density at radius 2 is 1.50 bits per heavy atom. The quantitative estimate of drug-likeness (QED) is 0.701. The topological polar surface area (TPSA) is 35.3 Å². The smallest absolute Gasteiger partial charge is 0.313 e. The normalized spacial score (nSPS) is 10.4. The Kier molecular flexibility index (Phi) is 3.50. The third-order valence-electron chi connectivity index (χ3n) is 2.94. The van der Waals surface area contributed by atoms with Gasteiger partial charge in [-0.25, -0.2) is 4.98 Å². The minimum atomic E-state index is 0.470. The molecule has 3 nitrogen and oxygen atoms in total. The Balaban J connectivity index is 2.08. The Bertz CT molecular complexity index is 675. The van der Waals surface area contributed by atoms with E-state index in [4.69, 9.17) is 9.15 Å². The number of ether oxygens (including phenoxy) is 1. The number of oxazole rings is 1. The van der Waals surface area contributed by atoms with Gasteiger partial charge in [-0.05, 0) is 19.1 Å². The lowest BCUT2D eigenvalue weighted by molar-refractivity contribution is 0.262. The maximum absolute atomic E-state index is 5.76. The highest BCUT2D eigenvalue weighted by atomic mass is 16.6. The summed E-state index contributed by atoms with van der Waals surface area (Å²) in [4.78, 5) is 4.58. The largest absolute Gasteiger partial charge is 0.464 e. The molecule has 2 aromatic carbocycles. The summed E-state index contributed by atoms with van der Waals surface area (Å²) >= 11 is 0. The summed E-state index contributed by atoms with van der Waals surface area (Å²) in [6, 6.07) is 19.7. The average molecular weight is 265 g/mol. The molecule has 3 rings (SSSR count). The molecule has 0 aliphatic rings. The second-order valence-electron chi connectivity index (χ2n) is 4.32. The van der Waals surface area contributed by atoms with Crippen LogP contribution in [0.15, 0.2) is 65.1 Å². The lowest BCUT2D eigenvalue weighted by atomic mass is 10.2. The molecule has 1 heterocycles. The molecule has 20 heavy (non-hydrogen) atoms. The van der Waals surface area contributed by atoms with Crippen LogP contribution in [0.1, 0.15) is 6.92 Å². The molecule has 3 aromatic rings. The molecule has 0 radical (unpaired) electrons. The maximum Gasteiger partial charge on any atom is 0.313 e. The highest BCUT2D eigenvalue weighted by molar-refractivity contribution is 5.67. The first-order valence-electron chi connectivity index (χ1n) is 6.63. The van der Waals surface area contributed by atoms with E-state index in [1.165, 1.54) is 0 Å². The lowest BCUT2D eigenvalue weighted by Gasteiger charge is -2.00. The predicted molar refractivity (Wildman–Crippen MR) is 78.5 cm³/mol. The highest BCUT2D eigenvalue weighted by Gasteiger charge is 2.17. The Hall–Kier alpha value is -2.55. The molecule has 0 bridgehead atoms. The lowest BCUT2D eigenvalue weighted by Crippen LogP contribution is -1.91. The summed E-state index contributed by atoms with van der Waals surface area (Å²) in [6.07, 6.45) is 0. The van der Waals surface area contributed by atoms with Gasteiger partial charge in [-0.15, -0.1) is 0 Å². The number of aromatic nitrogens is 1. The van der Waals surface area contributed by atoms with E-state index >= 15 is 0 Å². The number of benzene rings is 2. The van der Waals surface area contributed by atoms with E-state index in [0.717, 1.165) is 16.8 Å². The fraction of sp³-hybridized carbons (Fsp3) is 0.118. The van der Waals surface area contributed by atoms with Crippen molar-refractivity contribution in [2.24, 2.45) is 0 Å². The molecule has 3 heteroatoms. The molecule has 100 valence electrons. The Morgan fingerprint density at radius 3 is 2.10 bits per heavy atom. The Morgan fingerprint density at radius 1 is 0.900 bits per heavy atom. The minimum absolute atomic E-state index is 0.470. The predicted octanol–water partition coefficient (Wildman–Crippen LogP) is 4.41. The summed E-state index contributed by atoms with van der Waals surface area (Å²) < 4.78 is 11.3. The molecule has 0 saturated heterocycles. The molecule has 0 N–H and O–H groups in total. The zero-order valence-corrected chi connectivity index (χ0v) is 11.2. The van der Waals surface area contributed by atoms with Gasteiger partial charge < -0.3 is 9.15 Å². The number of rotatable bonds is 4.